The van der Waals surface area contributed by atoms with Crippen LogP contribution in [0.3, 0.4) is 0 Å². The number of aromatic nitrogens is 2. The van der Waals surface area contributed by atoms with Crippen LogP contribution in [0, 0.1) is 17.6 Å². The Kier molecular flexibility index (Phi) is 8.67. The van der Waals surface area contributed by atoms with E-state index in [9.17, 15) is 18.4 Å². The second-order valence-corrected chi connectivity index (χ2v) is 10.6. The molecule has 3 atom stereocenters. The highest BCUT2D eigenvalue weighted by Gasteiger charge is 2.42. The van der Waals surface area contributed by atoms with Gasteiger partial charge in [0.2, 0.25) is 11.8 Å². The molecule has 3 heterocycles. The number of amides is 2. The molecule has 2 aliphatic heterocycles. The van der Waals surface area contributed by atoms with E-state index in [1.165, 1.54) is 12.1 Å². The molecule has 2 amide bonds. The molecule has 40 heavy (non-hydrogen) atoms. The molecule has 5 rings (SSSR count). The third-order valence-electron chi connectivity index (χ3n) is 8.05. The zero-order valence-corrected chi connectivity index (χ0v) is 22.8. The van der Waals surface area contributed by atoms with Crippen LogP contribution >= 0.6 is 0 Å². The van der Waals surface area contributed by atoms with Gasteiger partial charge in [-0.2, -0.15) is 5.10 Å². The lowest BCUT2D eigenvalue weighted by Crippen LogP contribution is -2.47. The molecular weight excluding hydrogens is 512 g/mol. The number of carbonyl (C=O) groups excluding carboxylic acids is 2. The Labute approximate surface area is 233 Å². The van der Waals surface area contributed by atoms with Crippen molar-refractivity contribution in [2.45, 2.75) is 44.6 Å². The highest BCUT2D eigenvalue weighted by molar-refractivity contribution is 5.82. The lowest BCUT2D eigenvalue weighted by Gasteiger charge is -2.38. The third kappa shape index (κ3) is 5.98. The zero-order valence-electron chi connectivity index (χ0n) is 22.8. The summed E-state index contributed by atoms with van der Waals surface area (Å²) in [5.74, 6) is -1.71. The normalized spacial score (nSPS) is 21.7. The van der Waals surface area contributed by atoms with Gasteiger partial charge in [-0.1, -0.05) is 43.3 Å². The van der Waals surface area contributed by atoms with Gasteiger partial charge in [0, 0.05) is 57.3 Å². The number of halogens is 2. The maximum atomic E-state index is 15.0. The summed E-state index contributed by atoms with van der Waals surface area (Å²) in [5, 5.41) is 8.16. The molecule has 7 nitrogen and oxygen atoms in total. The van der Waals surface area contributed by atoms with Crippen molar-refractivity contribution in [1.82, 2.24) is 20.0 Å². The quantitative estimate of drug-likeness (QED) is 0.436. The molecule has 0 N–H and O–H groups in total. The minimum absolute atomic E-state index is 0.0304. The van der Waals surface area contributed by atoms with E-state index in [4.69, 9.17) is 0 Å². The average Bonchev–Trinajstić information content (AvgIpc) is 3.39. The van der Waals surface area contributed by atoms with E-state index < -0.39 is 23.5 Å². The van der Waals surface area contributed by atoms with Crippen molar-refractivity contribution in [2.75, 3.05) is 37.6 Å². The fourth-order valence-electron chi connectivity index (χ4n) is 6.08. The van der Waals surface area contributed by atoms with E-state index in [2.05, 4.69) is 22.3 Å². The molecule has 1 aromatic heterocycles. The van der Waals surface area contributed by atoms with Crippen LogP contribution in [0.1, 0.15) is 55.7 Å². The lowest BCUT2D eigenvalue weighted by atomic mass is 9.87. The van der Waals surface area contributed by atoms with Crippen LogP contribution in [0.4, 0.5) is 14.6 Å². The number of benzene rings is 2. The van der Waals surface area contributed by atoms with Gasteiger partial charge in [-0.15, -0.1) is 5.10 Å². The lowest BCUT2D eigenvalue weighted by molar-refractivity contribution is -0.140. The van der Waals surface area contributed by atoms with Crippen LogP contribution in [0.2, 0.25) is 0 Å². The molecule has 3 aromatic rings. The van der Waals surface area contributed by atoms with Crippen molar-refractivity contribution >= 4 is 17.6 Å². The fraction of sp³-hybridized carbons (Fsp3) is 0.419. The van der Waals surface area contributed by atoms with Crippen molar-refractivity contribution in [1.29, 1.82) is 0 Å². The average molecular weight is 548 g/mol. The van der Waals surface area contributed by atoms with Crippen molar-refractivity contribution in [3.05, 3.63) is 89.6 Å². The monoisotopic (exact) mass is 547 g/mol. The van der Waals surface area contributed by atoms with Crippen LogP contribution in [0.15, 0.2) is 66.9 Å². The smallest absolute Gasteiger partial charge is 0.228 e. The molecule has 2 aliphatic rings. The Morgan fingerprint density at radius 3 is 2.52 bits per heavy atom. The molecule has 0 saturated carbocycles. The van der Waals surface area contributed by atoms with Crippen LogP contribution in [0.5, 0.6) is 0 Å². The molecule has 2 aromatic carbocycles. The molecule has 1 unspecified atom stereocenters. The third-order valence-corrected chi connectivity index (χ3v) is 8.05. The number of rotatable bonds is 6. The van der Waals surface area contributed by atoms with Gasteiger partial charge in [-0.3, -0.25) is 9.59 Å². The van der Waals surface area contributed by atoms with Crippen molar-refractivity contribution in [3.63, 3.8) is 0 Å². The Morgan fingerprint density at radius 2 is 1.80 bits per heavy atom. The predicted octanol–water partition coefficient (Wildman–Crippen LogP) is 4.97. The van der Waals surface area contributed by atoms with Crippen molar-refractivity contribution in [2.24, 2.45) is 5.92 Å². The summed E-state index contributed by atoms with van der Waals surface area (Å²) in [5.41, 5.74) is 1.43. The van der Waals surface area contributed by atoms with Gasteiger partial charge in [-0.25, -0.2) is 8.78 Å². The zero-order chi connectivity index (χ0) is 28.1. The number of anilines is 1. The SMILES string of the molecule is CCCC(=O)N1CCN(C(=O)C2CN(c3cccnn3)C[C@H]2c2ccc(F)cc2F)CCC[C@@H]1c1ccccc1. The van der Waals surface area contributed by atoms with E-state index in [1.54, 1.807) is 12.3 Å². The predicted molar refractivity (Wildman–Crippen MR) is 148 cm³/mol. The maximum absolute atomic E-state index is 15.0. The summed E-state index contributed by atoms with van der Waals surface area (Å²) < 4.78 is 28.7. The number of hydrogen-bond acceptors (Lipinski definition) is 5. The fourth-order valence-corrected chi connectivity index (χ4v) is 6.08. The molecule has 2 saturated heterocycles. The first-order chi connectivity index (χ1) is 19.5. The minimum atomic E-state index is -0.654. The van der Waals surface area contributed by atoms with Crippen LogP contribution in [-0.2, 0) is 9.59 Å². The van der Waals surface area contributed by atoms with Gasteiger partial charge in [0.1, 0.15) is 11.6 Å². The summed E-state index contributed by atoms with van der Waals surface area (Å²) >= 11 is 0. The molecule has 0 spiro atoms. The Morgan fingerprint density at radius 1 is 0.975 bits per heavy atom. The largest absolute Gasteiger partial charge is 0.354 e. The molecule has 0 radical (unpaired) electrons. The topological polar surface area (TPSA) is 69.6 Å². The van der Waals surface area contributed by atoms with E-state index in [0.29, 0.717) is 50.5 Å². The Hall–Kier alpha value is -3.88. The molecule has 0 aliphatic carbocycles. The summed E-state index contributed by atoms with van der Waals surface area (Å²) in [6.45, 7) is 4.09. The van der Waals surface area contributed by atoms with Gasteiger partial charge in [-0.05, 0) is 48.6 Å². The molecule has 2 fully saturated rings. The van der Waals surface area contributed by atoms with Crippen molar-refractivity contribution in [3.8, 4) is 0 Å². The van der Waals surface area contributed by atoms with Crippen LogP contribution in [-0.4, -0.2) is 64.5 Å². The van der Waals surface area contributed by atoms with Gasteiger partial charge in [0.15, 0.2) is 5.82 Å². The first-order valence-electron chi connectivity index (χ1n) is 14.1. The van der Waals surface area contributed by atoms with Gasteiger partial charge in [0.05, 0.1) is 12.0 Å². The standard InChI is InChI=1S/C31H35F2N5O2/c1-2-8-30(39)38-18-17-36(16-7-11-28(38)22-9-4-3-5-10-22)31(40)26-21-37(29-12-6-15-34-35-29)20-25(26)24-14-13-23(32)19-27(24)33/h3-6,9-10,12-15,19,25-26,28H,2,7-8,11,16-18,20-21H2,1H3/t25-,26?,28+/m0/s1. The first-order valence-corrected chi connectivity index (χ1v) is 14.1. The number of carbonyl (C=O) groups is 2. The first kappa shape index (κ1) is 27.7. The van der Waals surface area contributed by atoms with Gasteiger partial charge >= 0.3 is 0 Å². The summed E-state index contributed by atoms with van der Waals surface area (Å²) in [4.78, 5) is 33.0. The van der Waals surface area contributed by atoms with E-state index in [1.807, 2.05) is 45.9 Å². The van der Waals surface area contributed by atoms with Crippen LogP contribution < -0.4 is 4.90 Å². The number of hydrogen-bond donors (Lipinski definition) is 0. The highest BCUT2D eigenvalue weighted by atomic mass is 19.1. The Balaban J connectivity index is 1.39. The second kappa shape index (κ2) is 12.5. The van der Waals surface area contributed by atoms with E-state index in [-0.39, 0.29) is 17.9 Å². The highest BCUT2D eigenvalue weighted by Crippen LogP contribution is 2.38. The molecule has 9 heteroatoms. The molecule has 0 bridgehead atoms. The van der Waals surface area contributed by atoms with E-state index >= 15 is 0 Å². The van der Waals surface area contributed by atoms with Crippen molar-refractivity contribution < 1.29 is 18.4 Å². The van der Waals surface area contributed by atoms with Crippen LogP contribution in [0.25, 0.3) is 0 Å². The van der Waals surface area contributed by atoms with Gasteiger partial charge < -0.3 is 14.7 Å². The molecular formula is C31H35F2N5O2. The Bertz CT molecular complexity index is 1310. The maximum Gasteiger partial charge on any atom is 0.228 e. The summed E-state index contributed by atoms with van der Waals surface area (Å²) in [6, 6.07) is 17.2. The van der Waals surface area contributed by atoms with E-state index in [0.717, 1.165) is 30.9 Å². The number of nitrogens with zero attached hydrogens (tertiary/aromatic N) is 5. The second-order valence-electron chi connectivity index (χ2n) is 10.6. The minimum Gasteiger partial charge on any atom is -0.354 e. The van der Waals surface area contributed by atoms with Gasteiger partial charge in [0.25, 0.3) is 0 Å². The summed E-state index contributed by atoms with van der Waals surface area (Å²) in [7, 11) is 0. The summed E-state index contributed by atoms with van der Waals surface area (Å²) in [6.07, 6.45) is 4.27. The molecule has 210 valence electrons.